The summed E-state index contributed by atoms with van der Waals surface area (Å²) in [6.07, 6.45) is -0.665. The van der Waals surface area contributed by atoms with E-state index in [4.69, 9.17) is 4.42 Å². The van der Waals surface area contributed by atoms with Gasteiger partial charge in [-0.3, -0.25) is 9.78 Å². The Balaban J connectivity index is 1.53. The number of halogens is 3. The lowest BCUT2D eigenvalue weighted by Gasteiger charge is -2.19. The Hall–Kier alpha value is -3.23. The summed E-state index contributed by atoms with van der Waals surface area (Å²) in [4.78, 5) is 16.7. The van der Waals surface area contributed by atoms with E-state index >= 15 is 0 Å². The molecular weight excluding hydrogens is 409 g/mol. The van der Waals surface area contributed by atoms with Gasteiger partial charge in [-0.15, -0.1) is 10.2 Å². The zero-order chi connectivity index (χ0) is 21.9. The number of nitrogens with zero attached hydrogens (tertiary/aromatic N) is 3. The van der Waals surface area contributed by atoms with E-state index in [1.165, 1.54) is 12.1 Å². The van der Waals surface area contributed by atoms with Crippen LogP contribution >= 0.6 is 0 Å². The molecule has 0 radical (unpaired) electrons. The Morgan fingerprint density at radius 2 is 1.81 bits per heavy atom. The first kappa shape index (κ1) is 19.7. The van der Waals surface area contributed by atoms with Crippen molar-refractivity contribution >= 4 is 5.91 Å². The Bertz CT molecular complexity index is 1150. The molecule has 1 aliphatic heterocycles. The molecule has 3 aromatic rings. The second-order valence-electron chi connectivity index (χ2n) is 8.31. The molecular formula is C22H19F3N4O2. The first-order chi connectivity index (χ1) is 14.7. The molecule has 5 rings (SSSR count). The summed E-state index contributed by atoms with van der Waals surface area (Å²) in [7, 11) is 0. The van der Waals surface area contributed by atoms with Crippen LogP contribution in [0, 0.1) is 0 Å². The molecule has 1 atom stereocenters. The molecule has 1 saturated carbocycles. The van der Waals surface area contributed by atoms with Crippen LogP contribution < -0.4 is 5.32 Å². The average Bonchev–Trinajstić information content (AvgIpc) is 3.27. The topological polar surface area (TPSA) is 80.9 Å². The molecule has 2 aliphatic rings. The van der Waals surface area contributed by atoms with E-state index in [1.54, 1.807) is 19.2 Å². The molecule has 6 nitrogen and oxygen atoms in total. The lowest BCUT2D eigenvalue weighted by molar-refractivity contribution is -0.137. The van der Waals surface area contributed by atoms with E-state index < -0.39 is 22.6 Å². The fourth-order valence-corrected chi connectivity index (χ4v) is 4.26. The molecule has 1 aliphatic carbocycles. The number of rotatable bonds is 4. The first-order valence-corrected chi connectivity index (χ1v) is 10.00. The molecule has 1 N–H and O–H groups in total. The maximum absolute atomic E-state index is 13.0. The summed E-state index contributed by atoms with van der Waals surface area (Å²) in [5.41, 5.74) is 0.0911. The highest BCUT2D eigenvalue weighted by molar-refractivity contribution is 5.88. The van der Waals surface area contributed by atoms with Crippen molar-refractivity contribution in [2.75, 3.05) is 6.54 Å². The monoisotopic (exact) mass is 428 g/mol. The Labute approximate surface area is 175 Å². The molecule has 1 aromatic carbocycles. The fourth-order valence-electron chi connectivity index (χ4n) is 4.26. The minimum atomic E-state index is -4.38. The zero-order valence-electron chi connectivity index (χ0n) is 16.7. The van der Waals surface area contributed by atoms with Crippen molar-refractivity contribution in [1.29, 1.82) is 0 Å². The van der Waals surface area contributed by atoms with Crippen molar-refractivity contribution < 1.29 is 22.4 Å². The van der Waals surface area contributed by atoms with Crippen molar-refractivity contribution in [2.45, 2.75) is 43.2 Å². The number of alkyl halides is 3. The van der Waals surface area contributed by atoms with Crippen molar-refractivity contribution in [3.8, 4) is 11.6 Å². The predicted octanol–water partition coefficient (Wildman–Crippen LogP) is 4.01. The van der Waals surface area contributed by atoms with Gasteiger partial charge in [0.1, 0.15) is 11.1 Å². The molecule has 160 valence electrons. The number of pyridine rings is 1. The summed E-state index contributed by atoms with van der Waals surface area (Å²) in [5.74, 6) is 0.269. The van der Waals surface area contributed by atoms with E-state index in [0.717, 1.165) is 36.1 Å². The van der Waals surface area contributed by atoms with Crippen LogP contribution in [0.25, 0.3) is 11.6 Å². The summed E-state index contributed by atoms with van der Waals surface area (Å²) < 4.78 is 44.8. The SMILES string of the molecule is C[C@@]1(c2nnc(-c3ncccc3C3(c4ccc(C(F)(F)F)cc4)CC3)o2)CCNC1=O. The third-order valence-corrected chi connectivity index (χ3v) is 6.35. The number of nitrogens with one attached hydrogen (secondary N) is 1. The Kier molecular flexibility index (Phi) is 4.22. The molecule has 1 saturated heterocycles. The van der Waals surface area contributed by atoms with Gasteiger partial charge in [-0.05, 0) is 55.5 Å². The van der Waals surface area contributed by atoms with Gasteiger partial charge in [0.05, 0.1) is 5.56 Å². The van der Waals surface area contributed by atoms with Gasteiger partial charge >= 0.3 is 6.18 Å². The van der Waals surface area contributed by atoms with Gasteiger partial charge in [0, 0.05) is 18.2 Å². The van der Waals surface area contributed by atoms with Gasteiger partial charge in [0.25, 0.3) is 5.89 Å². The predicted molar refractivity (Wildman–Crippen MR) is 104 cm³/mol. The van der Waals surface area contributed by atoms with Gasteiger partial charge in [-0.1, -0.05) is 18.2 Å². The lowest BCUT2D eigenvalue weighted by atomic mass is 9.86. The van der Waals surface area contributed by atoms with Crippen LogP contribution in [0.1, 0.15) is 48.8 Å². The van der Waals surface area contributed by atoms with Crippen LogP contribution in [0.4, 0.5) is 13.2 Å². The maximum atomic E-state index is 13.0. The normalized spacial score (nSPS) is 22.4. The molecule has 2 aromatic heterocycles. The van der Waals surface area contributed by atoms with E-state index in [0.29, 0.717) is 18.7 Å². The van der Waals surface area contributed by atoms with Gasteiger partial charge in [0.2, 0.25) is 11.8 Å². The number of amides is 1. The number of aromatic nitrogens is 3. The third-order valence-electron chi connectivity index (χ3n) is 6.35. The summed E-state index contributed by atoms with van der Waals surface area (Å²) >= 11 is 0. The Morgan fingerprint density at radius 3 is 2.42 bits per heavy atom. The molecule has 0 unspecified atom stereocenters. The summed E-state index contributed by atoms with van der Waals surface area (Å²) in [6.45, 7) is 2.30. The zero-order valence-corrected chi connectivity index (χ0v) is 16.7. The fraction of sp³-hybridized carbons (Fsp3) is 0.364. The highest BCUT2D eigenvalue weighted by Gasteiger charge is 2.49. The molecule has 9 heteroatoms. The third kappa shape index (κ3) is 3.10. The minimum absolute atomic E-state index is 0.160. The second-order valence-corrected chi connectivity index (χ2v) is 8.31. The van der Waals surface area contributed by atoms with Gasteiger partial charge in [0.15, 0.2) is 0 Å². The molecule has 2 fully saturated rings. The van der Waals surface area contributed by atoms with E-state index in [1.807, 2.05) is 6.07 Å². The minimum Gasteiger partial charge on any atom is -0.418 e. The van der Waals surface area contributed by atoms with Crippen molar-refractivity contribution in [3.63, 3.8) is 0 Å². The number of carbonyl (C=O) groups excluding carboxylic acids is 1. The molecule has 0 spiro atoms. The first-order valence-electron chi connectivity index (χ1n) is 10.00. The van der Waals surface area contributed by atoms with Crippen molar-refractivity contribution in [3.05, 3.63) is 65.2 Å². The maximum Gasteiger partial charge on any atom is 0.416 e. The quantitative estimate of drug-likeness (QED) is 0.679. The highest BCUT2D eigenvalue weighted by atomic mass is 19.4. The van der Waals surface area contributed by atoms with Crippen molar-refractivity contribution in [1.82, 2.24) is 20.5 Å². The number of carbonyl (C=O) groups is 1. The largest absolute Gasteiger partial charge is 0.418 e. The van der Waals surface area contributed by atoms with Crippen LogP contribution in [0.5, 0.6) is 0 Å². The molecule has 3 heterocycles. The van der Waals surface area contributed by atoms with Crippen LogP contribution in [0.3, 0.4) is 0 Å². The van der Waals surface area contributed by atoms with Crippen molar-refractivity contribution in [2.24, 2.45) is 0 Å². The van der Waals surface area contributed by atoms with Gasteiger partial charge in [-0.25, -0.2) is 0 Å². The van der Waals surface area contributed by atoms with E-state index in [-0.39, 0.29) is 17.7 Å². The highest BCUT2D eigenvalue weighted by Crippen LogP contribution is 2.55. The van der Waals surface area contributed by atoms with Gasteiger partial charge < -0.3 is 9.73 Å². The average molecular weight is 428 g/mol. The summed E-state index contributed by atoms with van der Waals surface area (Å²) in [5, 5.41) is 11.0. The molecule has 1 amide bonds. The van der Waals surface area contributed by atoms with Crippen LogP contribution in [0.2, 0.25) is 0 Å². The molecule has 31 heavy (non-hydrogen) atoms. The number of benzene rings is 1. The van der Waals surface area contributed by atoms with E-state index in [9.17, 15) is 18.0 Å². The van der Waals surface area contributed by atoms with E-state index in [2.05, 4.69) is 20.5 Å². The van der Waals surface area contributed by atoms with Crippen LogP contribution in [0.15, 0.2) is 47.0 Å². The van der Waals surface area contributed by atoms with Crippen LogP contribution in [-0.2, 0) is 21.8 Å². The number of hydrogen-bond donors (Lipinski definition) is 1. The standard InChI is InChI=1S/C22H19F3N4O2/c1-20(10-12-27-18(20)30)19-29-28-17(31-19)16-15(3-2-11-26-16)21(8-9-21)13-4-6-14(7-5-13)22(23,24)25/h2-7,11H,8-10,12H2,1H3,(H,27,30)/t20-/m1/s1. The van der Waals surface area contributed by atoms with Gasteiger partial charge in [-0.2, -0.15) is 13.2 Å². The summed E-state index contributed by atoms with van der Waals surface area (Å²) in [6, 6.07) is 8.93. The second kappa shape index (κ2) is 6.63. The Morgan fingerprint density at radius 1 is 1.06 bits per heavy atom. The lowest BCUT2D eigenvalue weighted by Crippen LogP contribution is -2.32. The number of hydrogen-bond acceptors (Lipinski definition) is 5. The van der Waals surface area contributed by atoms with Crippen LogP contribution in [-0.4, -0.2) is 27.6 Å². The molecule has 0 bridgehead atoms. The smallest absolute Gasteiger partial charge is 0.416 e.